The number of amides is 5. The Morgan fingerprint density at radius 1 is 0.963 bits per heavy atom. The van der Waals surface area contributed by atoms with Crippen molar-refractivity contribution < 1.29 is 52.0 Å². The van der Waals surface area contributed by atoms with E-state index in [0.717, 1.165) is 5.56 Å². The third kappa shape index (κ3) is 16.9. The number of nitrogens with one attached hydrogen (secondary N) is 5. The molecule has 2 aliphatic heterocycles. The van der Waals surface area contributed by atoms with Gasteiger partial charge >= 0.3 is 0 Å². The van der Waals surface area contributed by atoms with Crippen LogP contribution in [0.25, 0.3) is 11.3 Å². The first-order valence-corrected chi connectivity index (χ1v) is 27.1. The topological polar surface area (TPSA) is 292 Å². The average Bonchev–Trinajstić information content (AvgIpc) is 4.17. The highest BCUT2D eigenvalue weighted by atomic mass is 19.1. The Kier molecular flexibility index (Phi) is 23.2. The van der Waals surface area contributed by atoms with Crippen LogP contribution in [0.4, 0.5) is 10.2 Å². The van der Waals surface area contributed by atoms with Crippen molar-refractivity contribution in [1.29, 1.82) is 5.26 Å². The number of likely N-dealkylation sites (N-methyl/N-ethyl adjacent to an activating group) is 1. The molecule has 0 spiro atoms. The predicted molar refractivity (Wildman–Crippen MR) is 294 cm³/mol. The van der Waals surface area contributed by atoms with Crippen molar-refractivity contribution in [3.63, 3.8) is 0 Å². The van der Waals surface area contributed by atoms with E-state index in [0.29, 0.717) is 70.3 Å². The van der Waals surface area contributed by atoms with Gasteiger partial charge in [-0.1, -0.05) is 58.0 Å². The Hall–Kier alpha value is -7.14. The van der Waals surface area contributed by atoms with Crippen LogP contribution in [-0.4, -0.2) is 170 Å². The maximum atomic E-state index is 14.4. The Bertz CT molecular complexity index is 2770. The number of nitrogen functional groups attached to an aromatic ring is 1. The molecular formula is C56H78FN13O10. The highest BCUT2D eigenvalue weighted by Gasteiger charge is 2.45. The second kappa shape index (κ2) is 29.9. The molecule has 80 heavy (non-hydrogen) atoms. The molecule has 6 atom stereocenters. The van der Waals surface area contributed by atoms with E-state index in [1.807, 2.05) is 58.0 Å². The first-order valence-electron chi connectivity index (χ1n) is 27.1. The van der Waals surface area contributed by atoms with Gasteiger partial charge < -0.3 is 65.8 Å². The molecule has 6 rings (SSSR count). The summed E-state index contributed by atoms with van der Waals surface area (Å²) in [6.45, 7) is 14.5. The van der Waals surface area contributed by atoms with Gasteiger partial charge in [0.1, 0.15) is 30.1 Å². The first-order chi connectivity index (χ1) is 38.3. The van der Waals surface area contributed by atoms with Crippen LogP contribution in [0.15, 0.2) is 54.7 Å². The number of fused-ring (bicyclic) bond motifs is 5. The second-order valence-electron chi connectivity index (χ2n) is 20.7. The van der Waals surface area contributed by atoms with Crippen LogP contribution in [0.2, 0.25) is 0 Å². The summed E-state index contributed by atoms with van der Waals surface area (Å²) in [6.07, 6.45) is 1.69. The van der Waals surface area contributed by atoms with Crippen LogP contribution in [-0.2, 0) is 51.2 Å². The van der Waals surface area contributed by atoms with E-state index in [-0.39, 0.29) is 116 Å². The van der Waals surface area contributed by atoms with E-state index in [4.69, 9.17) is 29.4 Å². The van der Waals surface area contributed by atoms with Gasteiger partial charge in [0.05, 0.1) is 101 Å². The van der Waals surface area contributed by atoms with E-state index in [9.17, 15) is 33.6 Å². The minimum absolute atomic E-state index is 0.0185. The Labute approximate surface area is 467 Å². The molecule has 1 unspecified atom stereocenters. The number of hydrogen-bond donors (Lipinski definition) is 6. The van der Waals surface area contributed by atoms with Crippen molar-refractivity contribution in [2.24, 2.45) is 5.41 Å². The van der Waals surface area contributed by atoms with Crippen LogP contribution in [0, 0.1) is 22.6 Å². The smallest absolute Gasteiger partial charge is 0.258 e. The fourth-order valence-electron chi connectivity index (χ4n) is 9.29. The molecule has 0 saturated carbocycles. The molecule has 434 valence electrons. The molecule has 2 aromatic heterocycles. The standard InChI is InChI=1S/C56H78FN13O10/c1-9-42(37-13-11-10-12-14-37)64-52(73)45-30-39(33-69(45)55(75)49(56(4,5)6)66-51(72)35(2)60-7)61-19-22-77-24-26-79-28-27-78-25-23-76-21-17-47(71)62-18-20-70-46-34-68(8)54(74)40-16-15-38(57)29-41(40)36(3)80-53-50(59)63-32-44(65-53)48(46)43(31-58)67-70/h10-16,29,32,35-36,39,42,45,49,60-61H,9,17-28,30,33-34H2,1-8H3,(H2,59,63)(H,62,71)(H,64,73)(H,66,72)/t35-,36+,39-,42+,45-,49?/m0/s1. The summed E-state index contributed by atoms with van der Waals surface area (Å²) in [5.74, 6) is -2.20. The second-order valence-corrected chi connectivity index (χ2v) is 20.7. The number of ether oxygens (including phenoxy) is 5. The first kappa shape index (κ1) is 62.1. The van der Waals surface area contributed by atoms with E-state index < -0.39 is 41.4 Å². The Morgan fingerprint density at radius 2 is 1.64 bits per heavy atom. The van der Waals surface area contributed by atoms with Crippen LogP contribution < -0.4 is 37.1 Å². The third-order valence-electron chi connectivity index (χ3n) is 13.8. The SMILES string of the molecule is CC[C@@H](NC(=O)[C@@H]1C[C@H](NCCOCCOCCOCCOCCC(=O)NCCn2nc(C#N)c3c2CN(C)C(=O)c2ccc(F)cc2[C@@H](C)Oc2nc-3cnc2N)CN1C(=O)C(NC(=O)[C@H](C)NC)C(C)(C)C)c1ccccc1. The number of aromatic nitrogens is 4. The molecule has 24 heteroatoms. The summed E-state index contributed by atoms with van der Waals surface area (Å²) in [5.41, 5.74) is 7.98. The lowest BCUT2D eigenvalue weighted by Crippen LogP contribution is -2.59. The molecule has 2 aliphatic rings. The monoisotopic (exact) mass is 1110 g/mol. The molecule has 2 bridgehead atoms. The number of nitrogens with zero attached hydrogens (tertiary/aromatic N) is 7. The van der Waals surface area contributed by atoms with Crippen molar-refractivity contribution in [2.45, 2.75) is 110 Å². The van der Waals surface area contributed by atoms with Gasteiger partial charge in [0.15, 0.2) is 11.5 Å². The average molecular weight is 1110 g/mol. The summed E-state index contributed by atoms with van der Waals surface area (Å²) in [5, 5.41) is 30.0. The number of nitrogens with two attached hydrogens (primary N) is 1. The number of halogens is 1. The van der Waals surface area contributed by atoms with E-state index in [2.05, 4.69) is 47.7 Å². The van der Waals surface area contributed by atoms with Crippen molar-refractivity contribution >= 4 is 35.4 Å². The van der Waals surface area contributed by atoms with Crippen molar-refractivity contribution in [3.05, 3.63) is 88.6 Å². The van der Waals surface area contributed by atoms with E-state index in [1.165, 1.54) is 34.0 Å². The zero-order valence-electron chi connectivity index (χ0n) is 47.1. The lowest BCUT2D eigenvalue weighted by atomic mass is 9.85. The fourth-order valence-corrected chi connectivity index (χ4v) is 9.29. The quantitative estimate of drug-likeness (QED) is 0.0468. The summed E-state index contributed by atoms with van der Waals surface area (Å²) in [6, 6.07) is 13.1. The van der Waals surface area contributed by atoms with Crippen LogP contribution in [0.3, 0.4) is 0 Å². The van der Waals surface area contributed by atoms with Gasteiger partial charge in [-0.25, -0.2) is 14.4 Å². The molecule has 0 aliphatic carbocycles. The Morgan fingerprint density at radius 3 is 2.29 bits per heavy atom. The van der Waals surface area contributed by atoms with Crippen molar-refractivity contribution in [2.75, 3.05) is 92.3 Å². The molecule has 4 aromatic rings. The number of anilines is 1. The van der Waals surface area contributed by atoms with Crippen LogP contribution >= 0.6 is 0 Å². The molecule has 5 amide bonds. The summed E-state index contributed by atoms with van der Waals surface area (Å²) in [7, 11) is 3.26. The largest absolute Gasteiger partial charge is 0.467 e. The number of likely N-dealkylation sites (tertiary alicyclic amines) is 1. The minimum atomic E-state index is -0.861. The maximum Gasteiger partial charge on any atom is 0.258 e. The van der Waals surface area contributed by atoms with Gasteiger partial charge in [0.2, 0.25) is 23.6 Å². The van der Waals surface area contributed by atoms with Gasteiger partial charge in [-0.3, -0.25) is 28.7 Å². The van der Waals surface area contributed by atoms with Crippen molar-refractivity contribution in [1.82, 2.24) is 56.1 Å². The van der Waals surface area contributed by atoms with Gasteiger partial charge in [0, 0.05) is 50.3 Å². The Balaban J connectivity index is 0.868. The summed E-state index contributed by atoms with van der Waals surface area (Å²) >= 11 is 0. The third-order valence-corrected chi connectivity index (χ3v) is 13.8. The highest BCUT2D eigenvalue weighted by Crippen LogP contribution is 2.34. The number of carbonyl (C=O) groups excluding carboxylic acids is 5. The molecular weight excluding hydrogens is 1030 g/mol. The molecule has 7 N–H and O–H groups in total. The van der Waals surface area contributed by atoms with Crippen molar-refractivity contribution in [3.8, 4) is 23.2 Å². The molecule has 1 saturated heterocycles. The van der Waals surface area contributed by atoms with Gasteiger partial charge in [-0.05, 0) is 62.9 Å². The summed E-state index contributed by atoms with van der Waals surface area (Å²) < 4.78 is 44.7. The number of carbonyl (C=O) groups is 5. The van der Waals surface area contributed by atoms with E-state index >= 15 is 0 Å². The molecule has 0 radical (unpaired) electrons. The predicted octanol–water partition coefficient (Wildman–Crippen LogP) is 3.20. The normalized spacial score (nSPS) is 17.4. The number of benzene rings is 2. The van der Waals surface area contributed by atoms with E-state index in [1.54, 1.807) is 32.8 Å². The zero-order chi connectivity index (χ0) is 57.9. The van der Waals surface area contributed by atoms with Gasteiger partial charge in [-0.15, -0.1) is 0 Å². The molecule has 23 nitrogen and oxygen atoms in total. The highest BCUT2D eigenvalue weighted by molar-refractivity contribution is 5.96. The number of nitriles is 1. The molecule has 1 fully saturated rings. The molecule has 4 heterocycles. The van der Waals surface area contributed by atoms with Crippen LogP contribution in [0.5, 0.6) is 5.88 Å². The lowest BCUT2D eigenvalue weighted by molar-refractivity contribution is -0.144. The van der Waals surface area contributed by atoms with Gasteiger partial charge in [-0.2, -0.15) is 10.4 Å². The van der Waals surface area contributed by atoms with Gasteiger partial charge in [0.25, 0.3) is 11.8 Å². The zero-order valence-corrected chi connectivity index (χ0v) is 47.1. The van der Waals surface area contributed by atoms with Crippen LogP contribution in [0.1, 0.15) is 106 Å². The number of hydrogen-bond acceptors (Lipinski definition) is 17. The molecule has 2 aromatic carbocycles. The number of rotatable bonds is 27. The fraction of sp³-hybridized carbons (Fsp3) is 0.554. The summed E-state index contributed by atoms with van der Waals surface area (Å²) in [4.78, 5) is 79.8. The minimum Gasteiger partial charge on any atom is -0.467 e. The lowest BCUT2D eigenvalue weighted by Gasteiger charge is -2.36. The maximum absolute atomic E-state index is 14.4.